The number of hydrogen-bond donors (Lipinski definition) is 2. The molecule has 0 bridgehead atoms. The highest BCUT2D eigenvalue weighted by atomic mass is 19.4. The van der Waals surface area contributed by atoms with Gasteiger partial charge in [0.25, 0.3) is 5.91 Å². The van der Waals surface area contributed by atoms with Crippen LogP contribution in [0, 0.1) is 0 Å². The van der Waals surface area contributed by atoms with Gasteiger partial charge in [0.05, 0.1) is 35.6 Å². The van der Waals surface area contributed by atoms with E-state index in [9.17, 15) is 22.4 Å². The molecule has 1 saturated heterocycles. The minimum Gasteiger partial charge on any atom is -0.379 e. The third kappa shape index (κ3) is 6.39. The van der Waals surface area contributed by atoms with Gasteiger partial charge in [0, 0.05) is 49.3 Å². The molecule has 7 nitrogen and oxygen atoms in total. The molecular weight excluding hydrogens is 476 g/mol. The molecule has 11 heteroatoms. The number of carbonyl (C=O) groups is 1. The van der Waals surface area contributed by atoms with Gasteiger partial charge in [0.15, 0.2) is 0 Å². The van der Waals surface area contributed by atoms with Crippen molar-refractivity contribution < 1.29 is 22.4 Å². The molecule has 1 aliphatic heterocycles. The van der Waals surface area contributed by atoms with E-state index in [4.69, 9.17) is 0 Å². The molecular formula is C25H28F4N6O. The lowest BCUT2D eigenvalue weighted by molar-refractivity contribution is -0.127. The molecule has 3 heterocycles. The van der Waals surface area contributed by atoms with Gasteiger partial charge >= 0.3 is 6.18 Å². The van der Waals surface area contributed by atoms with Crippen molar-refractivity contribution in [2.75, 3.05) is 32.0 Å². The summed E-state index contributed by atoms with van der Waals surface area (Å²) < 4.78 is 56.2. The number of anilines is 1. The SMILES string of the molecule is CN1CC[C@@H](Nc2cccc3c(CC(F)(F)F)nc(/C=C/CNC(=O)c4cnn(C)c4)cc23)[C@@H](F)C1. The van der Waals surface area contributed by atoms with Crippen LogP contribution in [0.2, 0.25) is 0 Å². The van der Waals surface area contributed by atoms with Crippen molar-refractivity contribution in [1.82, 2.24) is 25.0 Å². The maximum Gasteiger partial charge on any atom is 0.394 e. The average Bonchev–Trinajstić information content (AvgIpc) is 3.24. The lowest BCUT2D eigenvalue weighted by atomic mass is 10.0. The lowest BCUT2D eigenvalue weighted by Gasteiger charge is -2.33. The molecule has 2 N–H and O–H groups in total. The van der Waals surface area contributed by atoms with Gasteiger partial charge in [0.1, 0.15) is 6.17 Å². The van der Waals surface area contributed by atoms with E-state index in [-0.39, 0.29) is 18.1 Å². The van der Waals surface area contributed by atoms with E-state index in [0.29, 0.717) is 40.7 Å². The second-order valence-electron chi connectivity index (χ2n) is 9.02. The summed E-state index contributed by atoms with van der Waals surface area (Å²) in [6.45, 7) is 1.17. The first-order valence-electron chi connectivity index (χ1n) is 11.6. The van der Waals surface area contributed by atoms with Crippen LogP contribution in [0.25, 0.3) is 16.8 Å². The molecule has 0 saturated carbocycles. The fourth-order valence-electron chi connectivity index (χ4n) is 4.30. The van der Waals surface area contributed by atoms with Crippen molar-refractivity contribution in [2.24, 2.45) is 7.05 Å². The van der Waals surface area contributed by atoms with Gasteiger partial charge < -0.3 is 15.5 Å². The summed E-state index contributed by atoms with van der Waals surface area (Å²) in [4.78, 5) is 18.3. The number of rotatable bonds is 7. The van der Waals surface area contributed by atoms with Gasteiger partial charge in [-0.3, -0.25) is 14.5 Å². The molecule has 2 atom stereocenters. The Hall–Kier alpha value is -3.47. The Bertz CT molecular complexity index is 1260. The minimum atomic E-state index is -4.44. The van der Waals surface area contributed by atoms with E-state index in [1.807, 2.05) is 11.9 Å². The summed E-state index contributed by atoms with van der Waals surface area (Å²) in [5.41, 5.74) is 1.17. The van der Waals surface area contributed by atoms with E-state index in [1.54, 1.807) is 49.7 Å². The first-order valence-corrected chi connectivity index (χ1v) is 11.6. The van der Waals surface area contributed by atoms with Crippen molar-refractivity contribution >= 4 is 28.4 Å². The number of alkyl halides is 4. The topological polar surface area (TPSA) is 75.1 Å². The van der Waals surface area contributed by atoms with E-state index in [2.05, 4.69) is 20.7 Å². The van der Waals surface area contributed by atoms with Gasteiger partial charge in [-0.15, -0.1) is 0 Å². The van der Waals surface area contributed by atoms with E-state index in [0.717, 1.165) is 6.54 Å². The molecule has 0 radical (unpaired) electrons. The Morgan fingerprint density at radius 1 is 1.25 bits per heavy atom. The average molecular weight is 505 g/mol. The van der Waals surface area contributed by atoms with Crippen molar-refractivity contribution in [3.63, 3.8) is 0 Å². The van der Waals surface area contributed by atoms with E-state index >= 15 is 0 Å². The fraction of sp³-hybridized carbons (Fsp3) is 0.400. The molecule has 1 amide bonds. The molecule has 0 unspecified atom stereocenters. The second kappa shape index (κ2) is 10.7. The minimum absolute atomic E-state index is 0.108. The van der Waals surface area contributed by atoms with E-state index in [1.165, 1.54) is 10.9 Å². The summed E-state index contributed by atoms with van der Waals surface area (Å²) >= 11 is 0. The highest BCUT2D eigenvalue weighted by molar-refractivity contribution is 5.96. The largest absolute Gasteiger partial charge is 0.394 e. The normalized spacial score (nSPS) is 19.2. The summed E-state index contributed by atoms with van der Waals surface area (Å²) in [5.74, 6) is -0.317. The standard InChI is InChI=1S/C25H28F4N6O/c1-34-10-8-22(20(26)15-34)33-21-7-3-6-18-19(21)11-17(32-23(18)12-25(27,28)29)5-4-9-30-24(36)16-13-31-35(2)14-16/h3-7,11,13-14,20,22,33H,8-10,12,15H2,1-2H3,(H,30,36)/b5-4+/t20-,22+/m0/s1. The molecule has 192 valence electrons. The van der Waals surface area contributed by atoms with E-state index < -0.39 is 24.8 Å². The van der Waals surface area contributed by atoms with Crippen molar-refractivity contribution in [3.8, 4) is 0 Å². The van der Waals surface area contributed by atoms with Gasteiger partial charge in [-0.1, -0.05) is 18.2 Å². The Kier molecular flexibility index (Phi) is 7.58. The summed E-state index contributed by atoms with van der Waals surface area (Å²) in [7, 11) is 3.55. The first-order chi connectivity index (χ1) is 17.1. The van der Waals surface area contributed by atoms with Crippen LogP contribution < -0.4 is 10.6 Å². The summed E-state index contributed by atoms with van der Waals surface area (Å²) in [5, 5.41) is 10.8. The number of amides is 1. The number of aryl methyl sites for hydroxylation is 1. The van der Waals surface area contributed by atoms with Crippen LogP contribution in [0.5, 0.6) is 0 Å². The summed E-state index contributed by atoms with van der Waals surface area (Å²) in [6.07, 6.45) is 0.0456. The zero-order valence-electron chi connectivity index (χ0n) is 20.0. The zero-order chi connectivity index (χ0) is 25.9. The van der Waals surface area contributed by atoms with Crippen molar-refractivity contribution in [3.05, 3.63) is 59.7 Å². The monoisotopic (exact) mass is 504 g/mol. The van der Waals surface area contributed by atoms with Crippen LogP contribution in [0.1, 0.15) is 28.2 Å². The van der Waals surface area contributed by atoms with Crippen LogP contribution in [0.15, 0.2) is 42.7 Å². The van der Waals surface area contributed by atoms with Crippen LogP contribution in [-0.4, -0.2) is 70.6 Å². The predicted molar refractivity (Wildman–Crippen MR) is 130 cm³/mol. The molecule has 3 aromatic rings. The molecule has 1 aliphatic rings. The smallest absolute Gasteiger partial charge is 0.379 e. The highest BCUT2D eigenvalue weighted by Gasteiger charge is 2.31. The predicted octanol–water partition coefficient (Wildman–Crippen LogP) is 3.97. The number of nitrogens with zero attached hydrogens (tertiary/aromatic N) is 4. The van der Waals surface area contributed by atoms with Crippen LogP contribution in [0.4, 0.5) is 23.2 Å². The van der Waals surface area contributed by atoms with Crippen molar-refractivity contribution in [1.29, 1.82) is 0 Å². The van der Waals surface area contributed by atoms with Gasteiger partial charge in [-0.05, 0) is 31.7 Å². The summed E-state index contributed by atoms with van der Waals surface area (Å²) in [6, 6.07) is 6.23. The van der Waals surface area contributed by atoms with Gasteiger partial charge in [-0.25, -0.2) is 4.39 Å². The number of pyridine rings is 1. The Balaban J connectivity index is 1.59. The number of halogens is 4. The number of piperidine rings is 1. The Labute approximate surface area is 206 Å². The van der Waals surface area contributed by atoms with Gasteiger partial charge in [0.2, 0.25) is 0 Å². The Morgan fingerprint density at radius 3 is 2.75 bits per heavy atom. The third-order valence-electron chi connectivity index (χ3n) is 6.06. The molecule has 1 aromatic carbocycles. The number of fused-ring (bicyclic) bond motifs is 1. The maximum absolute atomic E-state index is 14.6. The number of benzene rings is 1. The van der Waals surface area contributed by atoms with Gasteiger partial charge in [-0.2, -0.15) is 18.3 Å². The first kappa shape index (κ1) is 25.6. The second-order valence-corrected chi connectivity index (χ2v) is 9.02. The highest BCUT2D eigenvalue weighted by Crippen LogP contribution is 2.32. The molecule has 4 rings (SSSR count). The van der Waals surface area contributed by atoms with Crippen molar-refractivity contribution in [2.45, 2.75) is 31.2 Å². The van der Waals surface area contributed by atoms with Crippen LogP contribution in [0.3, 0.4) is 0 Å². The molecule has 0 aliphatic carbocycles. The number of hydrogen-bond acceptors (Lipinski definition) is 5. The Morgan fingerprint density at radius 2 is 2.06 bits per heavy atom. The number of aromatic nitrogens is 3. The van der Waals surface area contributed by atoms with Crippen LogP contribution in [-0.2, 0) is 13.5 Å². The lowest BCUT2D eigenvalue weighted by Crippen LogP contribution is -2.46. The molecule has 0 spiro atoms. The fourth-order valence-corrected chi connectivity index (χ4v) is 4.30. The third-order valence-corrected chi connectivity index (χ3v) is 6.06. The molecule has 36 heavy (non-hydrogen) atoms. The molecule has 1 fully saturated rings. The zero-order valence-corrected chi connectivity index (χ0v) is 20.0. The number of likely N-dealkylation sites (tertiary alicyclic amines) is 1. The number of nitrogens with one attached hydrogen (secondary N) is 2. The quantitative estimate of drug-likeness (QED) is 0.477. The number of carbonyl (C=O) groups excluding carboxylic acids is 1. The van der Waals surface area contributed by atoms with Crippen LogP contribution >= 0.6 is 0 Å². The maximum atomic E-state index is 14.6. The molecule has 2 aromatic heterocycles.